The van der Waals surface area contributed by atoms with Crippen LogP contribution in [-0.2, 0) is 10.0 Å². The minimum absolute atomic E-state index is 0.282. The maximum absolute atomic E-state index is 12.1. The normalized spacial score (nSPS) is 12.0. The van der Waals surface area contributed by atoms with Gasteiger partial charge >= 0.3 is 0 Å². The third kappa shape index (κ3) is 5.44. The first-order valence-electron chi connectivity index (χ1n) is 7.12. The minimum Gasteiger partial charge on any atom is -0.493 e. The van der Waals surface area contributed by atoms with Crippen LogP contribution < -0.4 is 14.2 Å². The maximum Gasteiger partial charge on any atom is 0.282 e. The summed E-state index contributed by atoms with van der Waals surface area (Å²) < 4.78 is 36.8. The van der Waals surface area contributed by atoms with E-state index in [9.17, 15) is 8.42 Å². The van der Waals surface area contributed by atoms with Crippen LogP contribution in [0.4, 0.5) is 0 Å². The van der Waals surface area contributed by atoms with E-state index in [1.54, 1.807) is 24.3 Å². The summed E-state index contributed by atoms with van der Waals surface area (Å²) in [5.41, 5.74) is -0.158. The Bertz CT molecular complexity index is 968. The smallest absolute Gasteiger partial charge is 0.282 e. The largest absolute Gasteiger partial charge is 0.493 e. The second-order valence-electron chi connectivity index (χ2n) is 4.95. The molecule has 0 amide bonds. The number of sulfonamides is 1. The lowest BCUT2D eigenvalue weighted by Gasteiger charge is -2.13. The molecule has 0 radical (unpaired) electrons. The predicted molar refractivity (Wildman–Crippen MR) is 104 cm³/mol. The molecule has 1 atom stereocenters. The molecule has 26 heavy (non-hydrogen) atoms. The molecule has 0 heterocycles. The maximum atomic E-state index is 12.1. The molecule has 0 aliphatic carbocycles. The van der Waals surface area contributed by atoms with E-state index < -0.39 is 15.5 Å². The van der Waals surface area contributed by atoms with Crippen molar-refractivity contribution in [3.05, 3.63) is 57.6 Å². The van der Waals surface area contributed by atoms with Gasteiger partial charge < -0.3 is 9.47 Å². The van der Waals surface area contributed by atoms with Crippen LogP contribution in [0.3, 0.4) is 0 Å². The summed E-state index contributed by atoms with van der Waals surface area (Å²) in [5.74, 6) is 3.43. The number of halogens is 3. The SMILES string of the molecule is COc1ccc(C(Cl)NS(=O)(=O)C#Cc2ccc(Cl)c(Cl)c2)cc1OC. The van der Waals surface area contributed by atoms with E-state index in [0.29, 0.717) is 27.6 Å². The van der Waals surface area contributed by atoms with Gasteiger partial charge in [-0.05, 0) is 41.8 Å². The molecule has 1 N–H and O–H groups in total. The molecule has 0 saturated heterocycles. The summed E-state index contributed by atoms with van der Waals surface area (Å²) in [5, 5.41) is 2.78. The van der Waals surface area contributed by atoms with Crippen LogP contribution in [0.1, 0.15) is 16.6 Å². The fraction of sp³-hybridized carbons (Fsp3) is 0.176. The molecule has 0 aromatic heterocycles. The number of ether oxygens (including phenoxy) is 2. The van der Waals surface area contributed by atoms with Crippen molar-refractivity contribution in [2.24, 2.45) is 0 Å². The van der Waals surface area contributed by atoms with Gasteiger partial charge in [-0.3, -0.25) is 0 Å². The molecular weight excluding hydrogens is 421 g/mol. The van der Waals surface area contributed by atoms with Crippen molar-refractivity contribution in [2.75, 3.05) is 14.2 Å². The predicted octanol–water partition coefficient (Wildman–Crippen LogP) is 4.18. The van der Waals surface area contributed by atoms with Crippen LogP contribution in [0, 0.1) is 11.2 Å². The van der Waals surface area contributed by atoms with Gasteiger partial charge in [0.2, 0.25) is 0 Å². The van der Waals surface area contributed by atoms with E-state index in [4.69, 9.17) is 44.3 Å². The Morgan fingerprint density at radius 3 is 2.31 bits per heavy atom. The Hall–Kier alpha value is -1.62. The molecule has 2 rings (SSSR count). The van der Waals surface area contributed by atoms with Crippen molar-refractivity contribution in [2.45, 2.75) is 5.50 Å². The number of hydrogen-bond acceptors (Lipinski definition) is 4. The highest BCUT2D eigenvalue weighted by Gasteiger charge is 2.17. The zero-order chi connectivity index (χ0) is 19.3. The first-order valence-corrected chi connectivity index (χ1v) is 9.79. The molecule has 0 aliphatic heterocycles. The van der Waals surface area contributed by atoms with Gasteiger partial charge in [0.15, 0.2) is 11.5 Å². The minimum atomic E-state index is -3.98. The summed E-state index contributed by atoms with van der Waals surface area (Å²) in [7, 11) is -1.01. The van der Waals surface area contributed by atoms with Crippen LogP contribution >= 0.6 is 34.8 Å². The molecule has 1 unspecified atom stereocenters. The Morgan fingerprint density at radius 1 is 1.00 bits per heavy atom. The second kappa shape index (κ2) is 8.85. The van der Waals surface area contributed by atoms with E-state index in [1.807, 2.05) is 0 Å². The quantitative estimate of drug-likeness (QED) is 0.436. The Morgan fingerprint density at radius 2 is 1.69 bits per heavy atom. The van der Waals surface area contributed by atoms with Crippen molar-refractivity contribution >= 4 is 44.8 Å². The van der Waals surface area contributed by atoms with Gasteiger partial charge in [0.1, 0.15) is 5.50 Å². The Balaban J connectivity index is 2.18. The fourth-order valence-corrected chi connectivity index (χ4v) is 3.45. The summed E-state index contributed by atoms with van der Waals surface area (Å²) in [6, 6.07) is 9.38. The number of hydrogen-bond donors (Lipinski definition) is 1. The first-order chi connectivity index (χ1) is 12.3. The lowest BCUT2D eigenvalue weighted by molar-refractivity contribution is 0.354. The molecule has 0 aliphatic rings. The van der Waals surface area contributed by atoms with E-state index >= 15 is 0 Å². The summed E-state index contributed by atoms with van der Waals surface area (Å²) >= 11 is 17.8. The van der Waals surface area contributed by atoms with Crippen LogP contribution in [0.5, 0.6) is 11.5 Å². The number of alkyl halides is 1. The number of rotatable bonds is 5. The molecule has 0 bridgehead atoms. The van der Waals surface area contributed by atoms with Crippen molar-refractivity contribution in [3.63, 3.8) is 0 Å². The van der Waals surface area contributed by atoms with E-state index in [2.05, 4.69) is 15.9 Å². The zero-order valence-electron chi connectivity index (χ0n) is 13.7. The standard InChI is InChI=1S/C17H14Cl3NO4S/c1-24-15-6-4-12(10-16(15)25-2)17(20)21-26(22,23)8-7-11-3-5-13(18)14(19)9-11/h3-6,9-10,17,21H,1-2H3. The fourth-order valence-electron chi connectivity index (χ4n) is 1.94. The lowest BCUT2D eigenvalue weighted by atomic mass is 10.2. The lowest BCUT2D eigenvalue weighted by Crippen LogP contribution is -2.23. The zero-order valence-corrected chi connectivity index (χ0v) is 16.8. The van der Waals surface area contributed by atoms with Crippen molar-refractivity contribution in [1.29, 1.82) is 0 Å². The molecule has 5 nitrogen and oxygen atoms in total. The molecular formula is C17H14Cl3NO4S. The molecule has 2 aromatic rings. The molecule has 0 fully saturated rings. The van der Waals surface area contributed by atoms with Crippen molar-refractivity contribution in [3.8, 4) is 22.7 Å². The van der Waals surface area contributed by atoms with Crippen molar-refractivity contribution in [1.82, 2.24) is 4.72 Å². The van der Waals surface area contributed by atoms with Gasteiger partial charge in [-0.2, -0.15) is 13.1 Å². The third-order valence-corrected chi connectivity index (χ3v) is 5.35. The summed E-state index contributed by atoms with van der Waals surface area (Å²) in [4.78, 5) is 0. The number of benzene rings is 2. The van der Waals surface area contributed by atoms with Gasteiger partial charge in [0.25, 0.3) is 10.0 Å². The van der Waals surface area contributed by atoms with Crippen LogP contribution in [-0.4, -0.2) is 22.6 Å². The molecule has 138 valence electrons. The van der Waals surface area contributed by atoms with Gasteiger partial charge in [-0.25, -0.2) is 0 Å². The average molecular weight is 435 g/mol. The van der Waals surface area contributed by atoms with Gasteiger partial charge in [-0.1, -0.05) is 40.9 Å². The van der Waals surface area contributed by atoms with Gasteiger partial charge in [0, 0.05) is 10.8 Å². The van der Waals surface area contributed by atoms with E-state index in [-0.39, 0.29) is 5.02 Å². The third-order valence-electron chi connectivity index (χ3n) is 3.21. The summed E-state index contributed by atoms with van der Waals surface area (Å²) in [6.07, 6.45) is 0. The number of nitrogens with one attached hydrogen (secondary N) is 1. The van der Waals surface area contributed by atoms with E-state index in [0.717, 1.165) is 0 Å². The molecule has 0 spiro atoms. The highest BCUT2D eigenvalue weighted by molar-refractivity contribution is 7.94. The van der Waals surface area contributed by atoms with E-state index in [1.165, 1.54) is 26.4 Å². The van der Waals surface area contributed by atoms with Gasteiger partial charge in [0.05, 0.1) is 24.3 Å². The van der Waals surface area contributed by atoms with Crippen LogP contribution in [0.15, 0.2) is 36.4 Å². The number of methoxy groups -OCH3 is 2. The Kier molecular flexibility index (Phi) is 7.04. The molecule has 2 aromatic carbocycles. The molecule has 9 heteroatoms. The Labute approximate surface area is 167 Å². The molecule has 0 saturated carbocycles. The summed E-state index contributed by atoms with van der Waals surface area (Å²) in [6.45, 7) is 0. The monoisotopic (exact) mass is 433 g/mol. The van der Waals surface area contributed by atoms with Crippen LogP contribution in [0.25, 0.3) is 0 Å². The van der Waals surface area contributed by atoms with Gasteiger partial charge in [-0.15, -0.1) is 0 Å². The van der Waals surface area contributed by atoms with Crippen molar-refractivity contribution < 1.29 is 17.9 Å². The highest BCUT2D eigenvalue weighted by atomic mass is 35.5. The highest BCUT2D eigenvalue weighted by Crippen LogP contribution is 2.31. The topological polar surface area (TPSA) is 64.6 Å². The second-order valence-corrected chi connectivity index (χ2v) is 7.65. The average Bonchev–Trinajstić information content (AvgIpc) is 2.61. The van der Waals surface area contributed by atoms with Crippen LogP contribution in [0.2, 0.25) is 10.0 Å². The first kappa shape index (κ1) is 20.7.